The summed E-state index contributed by atoms with van der Waals surface area (Å²) < 4.78 is 104. The summed E-state index contributed by atoms with van der Waals surface area (Å²) in [7, 11) is 1.34. The first-order valence-corrected chi connectivity index (χ1v) is 51.1. The van der Waals surface area contributed by atoms with Gasteiger partial charge in [-0.3, -0.25) is 43.2 Å². The monoisotopic (exact) mass is 2130 g/mol. The summed E-state index contributed by atoms with van der Waals surface area (Å²) in [5.41, 5.74) is -4.81. The first-order valence-electron chi connectivity index (χ1n) is 49.0. The van der Waals surface area contributed by atoms with Gasteiger partial charge in [-0.25, -0.2) is 28.0 Å². The van der Waals surface area contributed by atoms with Crippen LogP contribution in [0, 0.1) is 45.1 Å². The molecular formula is C108H126Cl2F2N10O27S. The highest BCUT2D eigenvalue weighted by molar-refractivity contribution is 7.98. The molecule has 8 amide bonds. The predicted octanol–water partition coefficient (Wildman–Crippen LogP) is 11.6. The van der Waals surface area contributed by atoms with E-state index < -0.39 is 220 Å². The van der Waals surface area contributed by atoms with Gasteiger partial charge in [0.1, 0.15) is 71.4 Å². The Labute approximate surface area is 880 Å². The van der Waals surface area contributed by atoms with E-state index in [1.165, 1.54) is 156 Å². The van der Waals surface area contributed by atoms with Crippen LogP contribution < -0.4 is 53.0 Å². The van der Waals surface area contributed by atoms with Gasteiger partial charge in [0.15, 0.2) is 17.5 Å². The standard InChI is InChI=1S/C108H126Cl2F2N10O27S/c1-61-79(56-108(137)93(148-99(133)67-27-19-14-20-28-67)91-105(9,81(125)55-82-107(91,60-144-82)149-63(3)124)92(127)89(145-62(2)123)84(61)104(108,7)8)146-100(134)90(87(65-23-15-12-16-24-65)122-95(129)66-25-17-13-18-26-66)147-102(136)143-58-64-32-36-70(37-33-64)117-96(130)76(31-22-42-116-101(114)135)120-97(131)77(41-52-150-11)118-83(126)40-44-139-46-48-141-50-51-142-49-47-140-45-43-115-94(128)68-34-39-75(78(53-68)138-10)119-98(132)88-85(71-29-21-30-73(110)86(71)112)106(59-113,80(121-88)57-103(4,5)6)72-38-35-69(109)54-74(72)111/h12-21,23-30,32-39,53-54,76-77,79-82,85,87-91,93,121,125,137H,22,31,40-52,55-58,60H2,1-11H3,(H,115,128)(H,117,130)(H,118,126)(H,119,132)(H,120,131)(H,122,129)(H3,114,116,135)/t76-,77-,79-,80-,81-,82+,85-,87-,88+,89+,90+,91?,93-,105+,106-,107-,108+/m0/s1. The van der Waals surface area contributed by atoms with Crippen LogP contribution in [-0.4, -0.2) is 251 Å². The van der Waals surface area contributed by atoms with Gasteiger partial charge in [0.25, 0.3) is 11.8 Å². The van der Waals surface area contributed by atoms with Gasteiger partial charge in [-0.2, -0.15) is 17.0 Å². The number of urea groups is 1. The smallest absolute Gasteiger partial charge is 0.495 e. The fourth-order valence-electron chi connectivity index (χ4n) is 20.3. The Morgan fingerprint density at radius 3 is 1.95 bits per heavy atom. The van der Waals surface area contributed by atoms with Gasteiger partial charge in [0.2, 0.25) is 29.7 Å². The van der Waals surface area contributed by atoms with Crippen LogP contribution in [0.5, 0.6) is 5.75 Å². The number of carbonyl (C=O) groups is 13. The third kappa shape index (κ3) is 27.3. The van der Waals surface area contributed by atoms with Crippen LogP contribution in [0.4, 0.5) is 29.7 Å². The second-order valence-corrected chi connectivity index (χ2v) is 40.9. The lowest BCUT2D eigenvalue weighted by molar-refractivity contribution is -0.346. The third-order valence-electron chi connectivity index (χ3n) is 27.7. The van der Waals surface area contributed by atoms with Gasteiger partial charge >= 0.3 is 36.1 Å². The number of aliphatic hydroxyl groups excluding tert-OH is 1. The molecule has 0 aromatic heterocycles. The number of amides is 8. The molecule has 2 aliphatic heterocycles. The van der Waals surface area contributed by atoms with E-state index in [4.69, 9.17) is 85.8 Å². The number of ketones is 1. The minimum atomic E-state index is -2.60. The second kappa shape index (κ2) is 51.6. The maximum absolute atomic E-state index is 16.3. The van der Waals surface area contributed by atoms with Gasteiger partial charge in [-0.15, -0.1) is 0 Å². The molecule has 5 aliphatic rings. The molecule has 2 saturated carbocycles. The van der Waals surface area contributed by atoms with Crippen molar-refractivity contribution in [3.05, 3.63) is 242 Å². The quantitative estimate of drug-likeness (QED) is 0.00730. The Morgan fingerprint density at radius 2 is 1.34 bits per heavy atom. The Balaban J connectivity index is 0.620. The van der Waals surface area contributed by atoms with E-state index in [2.05, 4.69) is 48.6 Å². The lowest BCUT2D eigenvalue weighted by Gasteiger charge is -2.67. The molecule has 4 fully saturated rings. The van der Waals surface area contributed by atoms with Crippen molar-refractivity contribution >= 4 is 124 Å². The fourth-order valence-corrected chi connectivity index (χ4v) is 21.1. The lowest BCUT2D eigenvalue weighted by Crippen LogP contribution is -2.82. The summed E-state index contributed by atoms with van der Waals surface area (Å²) in [4.78, 5) is 184. The van der Waals surface area contributed by atoms with Crippen LogP contribution in [-0.2, 0) is 102 Å². The molecule has 2 saturated heterocycles. The minimum Gasteiger partial charge on any atom is -0.495 e. The molecule has 7 aromatic rings. The number of halogens is 4. The number of rotatable bonds is 47. The summed E-state index contributed by atoms with van der Waals surface area (Å²) in [6, 6.07) is 36.9. The van der Waals surface area contributed by atoms with E-state index in [0.29, 0.717) is 5.75 Å². The molecule has 12 rings (SSSR count). The number of nitriles is 1. The number of fused-ring (bicyclic) bond motifs is 5. The van der Waals surface area contributed by atoms with E-state index in [9.17, 15) is 68.2 Å². The molecule has 2 bridgehead atoms. The number of nitrogens with one attached hydrogen (secondary N) is 8. The summed E-state index contributed by atoms with van der Waals surface area (Å²) in [5.74, 6) is -13.4. The number of Topliss-reactive ketones (excluding diaryl/α,β-unsaturated/α-hetero) is 1. The van der Waals surface area contributed by atoms with E-state index in [0.717, 1.165) is 19.9 Å². The van der Waals surface area contributed by atoms with Crippen molar-refractivity contribution in [1.82, 2.24) is 31.9 Å². The molecule has 150 heavy (non-hydrogen) atoms. The maximum atomic E-state index is 16.3. The lowest BCUT2D eigenvalue weighted by atomic mass is 9.44. The molecule has 1 unspecified atom stereocenters. The largest absolute Gasteiger partial charge is 0.509 e. The SMILES string of the molecule is COc1cc(C(=O)NCCOCCOCCOCCOCCC(=O)N[C@@H](CCSC)C(=O)N[C@@H](CCCNC(N)=O)C(=O)Nc2ccc(COC(=O)O[C@@H](C(=O)O[C@H]3C[C@@]4(O)[C@@H](OC(=O)c5ccccc5)C5[C@](C)(C(=O)[C@H](OC(C)=O)C(=C3C)C4(C)C)[C@@H](O)C[C@H]3OC[C@@]53OC(C)=O)[C@@H](NC(=O)c3ccccc3)c3ccccc3)cc2)ccc1NC(=O)[C@@H]1N[C@@H](CC(C)(C)C)[C@](C#N)(c2ccc(Cl)cc2F)[C@H]1c1cccc(Cl)c1F. The van der Waals surface area contributed by atoms with Crippen molar-refractivity contribution in [2.45, 2.75) is 203 Å². The minimum absolute atomic E-state index is 0.0211. The zero-order valence-corrected chi connectivity index (χ0v) is 87.2. The van der Waals surface area contributed by atoms with Crippen LogP contribution in [0.3, 0.4) is 0 Å². The number of carbonyl (C=O) groups excluding carboxylic acids is 13. The van der Waals surface area contributed by atoms with E-state index >= 15 is 18.4 Å². The normalized spacial score (nSPS) is 23.2. The first kappa shape index (κ1) is 116. The molecule has 0 radical (unpaired) electrons. The number of aliphatic hydroxyl groups is 2. The highest BCUT2D eigenvalue weighted by atomic mass is 35.5. The number of hydrogen-bond acceptors (Lipinski definition) is 30. The third-order valence-corrected chi connectivity index (χ3v) is 28.9. The molecule has 804 valence electrons. The van der Waals surface area contributed by atoms with Crippen LogP contribution in [0.2, 0.25) is 10.0 Å². The molecule has 12 N–H and O–H groups in total. The molecule has 17 atom stereocenters. The van der Waals surface area contributed by atoms with Crippen molar-refractivity contribution in [2.75, 3.05) is 102 Å². The Hall–Kier alpha value is -13.1. The number of ether oxygens (including phenoxy) is 12. The van der Waals surface area contributed by atoms with E-state index in [1.807, 2.05) is 27.0 Å². The van der Waals surface area contributed by atoms with Crippen LogP contribution in [0.25, 0.3) is 0 Å². The number of primary amides is 1. The van der Waals surface area contributed by atoms with Crippen LogP contribution >= 0.6 is 35.0 Å². The van der Waals surface area contributed by atoms with E-state index in [1.54, 1.807) is 54.6 Å². The van der Waals surface area contributed by atoms with Gasteiger partial charge < -0.3 is 115 Å². The van der Waals surface area contributed by atoms with Gasteiger partial charge in [0, 0.05) is 91.0 Å². The second-order valence-electron chi connectivity index (χ2n) is 39.1. The Kier molecular flexibility index (Phi) is 39.8. The summed E-state index contributed by atoms with van der Waals surface area (Å²) in [5, 5.41) is 60.2. The van der Waals surface area contributed by atoms with Crippen molar-refractivity contribution in [1.29, 1.82) is 5.26 Å². The number of anilines is 2. The molecule has 42 heteroatoms. The molecule has 2 heterocycles. The number of nitrogens with two attached hydrogens (primary N) is 1. The fraction of sp³-hybridized carbons (Fsp3) is 0.463. The van der Waals surface area contributed by atoms with Gasteiger partial charge in [-0.1, -0.05) is 155 Å². The van der Waals surface area contributed by atoms with Crippen molar-refractivity contribution in [2.24, 2.45) is 27.9 Å². The van der Waals surface area contributed by atoms with Crippen molar-refractivity contribution < 1.29 is 138 Å². The number of thioether (sulfide) groups is 1. The number of nitrogens with zero attached hydrogens (tertiary/aromatic N) is 1. The first-order chi connectivity index (χ1) is 71.4. The Bertz CT molecular complexity index is 6110. The highest BCUT2D eigenvalue weighted by Crippen LogP contribution is 2.65. The Morgan fingerprint density at radius 1 is 0.700 bits per heavy atom. The number of benzene rings is 7. The summed E-state index contributed by atoms with van der Waals surface area (Å²) >= 11 is 13.9. The molecule has 37 nitrogen and oxygen atoms in total. The van der Waals surface area contributed by atoms with Crippen LogP contribution in [0.15, 0.2) is 181 Å². The molecule has 0 spiro atoms. The van der Waals surface area contributed by atoms with Crippen LogP contribution in [0.1, 0.15) is 173 Å². The van der Waals surface area contributed by atoms with Crippen molar-refractivity contribution in [3.8, 4) is 11.8 Å². The number of esters is 4. The van der Waals surface area contributed by atoms with Crippen molar-refractivity contribution in [3.63, 3.8) is 0 Å². The van der Waals surface area contributed by atoms with Gasteiger partial charge in [-0.05, 0) is 158 Å². The topological polar surface area (TPSA) is 519 Å². The molecule has 7 aromatic carbocycles. The summed E-state index contributed by atoms with van der Waals surface area (Å²) in [6.07, 6.45) is -11.1. The number of hydrogen-bond donors (Lipinski definition) is 11. The van der Waals surface area contributed by atoms with E-state index in [-0.39, 0.29) is 182 Å². The average molecular weight is 2140 g/mol. The maximum Gasteiger partial charge on any atom is 0.509 e. The zero-order chi connectivity index (χ0) is 109. The number of methoxy groups -OCH3 is 1. The average Bonchev–Trinajstić information content (AvgIpc) is 1.54. The highest BCUT2D eigenvalue weighted by Gasteiger charge is 2.79. The molecule has 3 aliphatic carbocycles. The molecular weight excluding hydrogens is 2010 g/mol. The zero-order valence-electron chi connectivity index (χ0n) is 84.9. The predicted molar refractivity (Wildman–Crippen MR) is 545 cm³/mol. The summed E-state index contributed by atoms with van der Waals surface area (Å²) in [6.45, 7) is 13.9. The van der Waals surface area contributed by atoms with Gasteiger partial charge in [0.05, 0.1) is 112 Å².